The molecule has 1 saturated heterocycles. The van der Waals surface area contributed by atoms with E-state index in [1.807, 2.05) is 18.2 Å². The van der Waals surface area contributed by atoms with Gasteiger partial charge in [-0.25, -0.2) is 4.79 Å². The highest BCUT2D eigenvalue weighted by Crippen LogP contribution is 2.37. The third-order valence-electron chi connectivity index (χ3n) is 5.14. The normalized spacial score (nSPS) is 26.5. The summed E-state index contributed by atoms with van der Waals surface area (Å²) in [6, 6.07) is 8.53. The lowest BCUT2D eigenvalue weighted by Crippen LogP contribution is -2.49. The molecular formula is C18H23N3O3. The Balaban J connectivity index is 1.63. The van der Waals surface area contributed by atoms with E-state index in [0.717, 1.165) is 24.2 Å². The minimum absolute atomic E-state index is 0.251. The Kier molecular flexibility index (Phi) is 4.55. The molecule has 0 aromatic heterocycles. The van der Waals surface area contributed by atoms with Crippen molar-refractivity contribution in [2.45, 2.75) is 44.6 Å². The molecule has 0 bridgehead atoms. The maximum atomic E-state index is 12.7. The maximum Gasteiger partial charge on any atom is 0.325 e. The third-order valence-corrected chi connectivity index (χ3v) is 5.14. The topological polar surface area (TPSA) is 78.5 Å². The first-order valence-corrected chi connectivity index (χ1v) is 8.53. The Labute approximate surface area is 141 Å². The summed E-state index contributed by atoms with van der Waals surface area (Å²) >= 11 is 0. The van der Waals surface area contributed by atoms with Crippen LogP contribution < -0.4 is 10.6 Å². The van der Waals surface area contributed by atoms with Crippen LogP contribution in [-0.4, -0.2) is 34.8 Å². The smallest absolute Gasteiger partial charge is 0.325 e. The van der Waals surface area contributed by atoms with Crippen LogP contribution >= 0.6 is 0 Å². The molecule has 1 aromatic carbocycles. The quantitative estimate of drug-likeness (QED) is 0.833. The van der Waals surface area contributed by atoms with Crippen LogP contribution in [0.1, 0.15) is 39.0 Å². The van der Waals surface area contributed by atoms with E-state index in [0.29, 0.717) is 24.4 Å². The highest BCUT2D eigenvalue weighted by molar-refractivity contribution is 6.10. The van der Waals surface area contributed by atoms with Gasteiger partial charge in [-0.1, -0.05) is 31.5 Å². The number of anilines is 1. The van der Waals surface area contributed by atoms with Crippen molar-refractivity contribution < 1.29 is 14.4 Å². The summed E-state index contributed by atoms with van der Waals surface area (Å²) in [4.78, 5) is 38.1. The first-order chi connectivity index (χ1) is 11.5. The van der Waals surface area contributed by atoms with Gasteiger partial charge in [0.1, 0.15) is 12.1 Å². The fourth-order valence-corrected chi connectivity index (χ4v) is 3.60. The molecule has 2 fully saturated rings. The molecule has 1 saturated carbocycles. The molecule has 128 valence electrons. The van der Waals surface area contributed by atoms with Gasteiger partial charge in [-0.05, 0) is 43.7 Å². The molecule has 1 aromatic rings. The molecule has 6 heteroatoms. The molecule has 1 aliphatic carbocycles. The van der Waals surface area contributed by atoms with Crippen LogP contribution in [0.3, 0.4) is 0 Å². The van der Waals surface area contributed by atoms with Crippen molar-refractivity contribution in [2.24, 2.45) is 5.92 Å². The van der Waals surface area contributed by atoms with Gasteiger partial charge in [0.05, 0.1) is 0 Å². The molecule has 4 amide bonds. The highest BCUT2D eigenvalue weighted by Gasteiger charge is 2.52. The van der Waals surface area contributed by atoms with Gasteiger partial charge in [-0.2, -0.15) is 0 Å². The summed E-state index contributed by atoms with van der Waals surface area (Å²) in [5, 5.41) is 5.55. The molecule has 2 N–H and O–H groups in total. The number of rotatable bonds is 4. The first-order valence-electron chi connectivity index (χ1n) is 8.53. The van der Waals surface area contributed by atoms with E-state index < -0.39 is 11.6 Å². The molecule has 0 atom stereocenters. The van der Waals surface area contributed by atoms with Crippen LogP contribution in [0.2, 0.25) is 0 Å². The van der Waals surface area contributed by atoms with Gasteiger partial charge in [-0.15, -0.1) is 0 Å². The Morgan fingerprint density at radius 2 is 1.92 bits per heavy atom. The predicted octanol–water partition coefficient (Wildman–Crippen LogP) is 2.52. The molecule has 24 heavy (non-hydrogen) atoms. The van der Waals surface area contributed by atoms with Gasteiger partial charge < -0.3 is 10.6 Å². The SMILES string of the molecule is CCC1CCC2(CC1)NC(=O)N(CC(=O)Nc1ccccc1)C2=O. The second kappa shape index (κ2) is 6.63. The lowest BCUT2D eigenvalue weighted by molar-refractivity contribution is -0.135. The summed E-state index contributed by atoms with van der Waals surface area (Å²) in [6.45, 7) is 1.90. The average molecular weight is 329 g/mol. The standard InChI is InChI=1S/C18H23N3O3/c1-2-13-8-10-18(11-9-13)16(23)21(17(24)20-18)12-15(22)19-14-6-4-3-5-7-14/h3-7,13H,2,8-12H2,1H3,(H,19,22)(H,20,24). The van der Waals surface area contributed by atoms with Gasteiger partial charge >= 0.3 is 6.03 Å². The van der Waals surface area contributed by atoms with Gasteiger partial charge in [0.25, 0.3) is 5.91 Å². The third kappa shape index (κ3) is 3.13. The zero-order valence-corrected chi connectivity index (χ0v) is 13.9. The Morgan fingerprint density at radius 3 is 2.54 bits per heavy atom. The molecule has 2 aliphatic rings. The molecule has 3 rings (SSSR count). The first kappa shape index (κ1) is 16.5. The number of nitrogens with zero attached hydrogens (tertiary/aromatic N) is 1. The van der Waals surface area contributed by atoms with Crippen molar-refractivity contribution in [3.8, 4) is 0 Å². The van der Waals surface area contributed by atoms with Crippen molar-refractivity contribution in [3.63, 3.8) is 0 Å². The van der Waals surface area contributed by atoms with Crippen molar-refractivity contribution in [3.05, 3.63) is 30.3 Å². The van der Waals surface area contributed by atoms with E-state index in [1.165, 1.54) is 0 Å². The minimum atomic E-state index is -0.796. The lowest BCUT2D eigenvalue weighted by atomic mass is 9.75. The van der Waals surface area contributed by atoms with Crippen molar-refractivity contribution in [1.29, 1.82) is 0 Å². The van der Waals surface area contributed by atoms with Crippen LogP contribution in [0, 0.1) is 5.92 Å². The summed E-state index contributed by atoms with van der Waals surface area (Å²) in [5.41, 5.74) is -0.150. The van der Waals surface area contributed by atoms with E-state index in [4.69, 9.17) is 0 Å². The Morgan fingerprint density at radius 1 is 1.25 bits per heavy atom. The monoisotopic (exact) mass is 329 g/mol. The van der Waals surface area contributed by atoms with Gasteiger partial charge in [-0.3, -0.25) is 14.5 Å². The number of carbonyl (C=O) groups is 3. The van der Waals surface area contributed by atoms with Crippen LogP contribution in [0.4, 0.5) is 10.5 Å². The zero-order chi connectivity index (χ0) is 17.2. The van der Waals surface area contributed by atoms with E-state index in [9.17, 15) is 14.4 Å². The molecule has 1 heterocycles. The van der Waals surface area contributed by atoms with E-state index in [1.54, 1.807) is 12.1 Å². The van der Waals surface area contributed by atoms with E-state index in [-0.39, 0.29) is 18.4 Å². The molecule has 1 aliphatic heterocycles. The maximum absolute atomic E-state index is 12.7. The molecule has 1 spiro atoms. The van der Waals surface area contributed by atoms with Crippen molar-refractivity contribution in [2.75, 3.05) is 11.9 Å². The zero-order valence-electron chi connectivity index (χ0n) is 13.9. The number of hydrogen-bond acceptors (Lipinski definition) is 3. The number of hydrogen-bond donors (Lipinski definition) is 2. The summed E-state index contributed by atoms with van der Waals surface area (Å²) in [6.07, 6.45) is 4.29. The number of imide groups is 1. The fraction of sp³-hybridized carbons (Fsp3) is 0.500. The van der Waals surface area contributed by atoms with Crippen LogP contribution in [0.5, 0.6) is 0 Å². The number of amides is 4. The van der Waals surface area contributed by atoms with Crippen LogP contribution in [0.25, 0.3) is 0 Å². The molecule has 0 unspecified atom stereocenters. The van der Waals surface area contributed by atoms with Gasteiger partial charge in [0, 0.05) is 5.69 Å². The number of urea groups is 1. The highest BCUT2D eigenvalue weighted by atomic mass is 16.2. The van der Waals surface area contributed by atoms with Crippen molar-refractivity contribution >= 4 is 23.5 Å². The van der Waals surface area contributed by atoms with E-state index >= 15 is 0 Å². The van der Waals surface area contributed by atoms with Gasteiger partial charge in [0.15, 0.2) is 0 Å². The summed E-state index contributed by atoms with van der Waals surface area (Å²) < 4.78 is 0. The van der Waals surface area contributed by atoms with Crippen LogP contribution in [-0.2, 0) is 9.59 Å². The number of benzene rings is 1. The van der Waals surface area contributed by atoms with E-state index in [2.05, 4.69) is 17.6 Å². The largest absolute Gasteiger partial charge is 0.325 e. The lowest BCUT2D eigenvalue weighted by Gasteiger charge is -2.34. The second-order valence-corrected chi connectivity index (χ2v) is 6.67. The minimum Gasteiger partial charge on any atom is -0.325 e. The summed E-state index contributed by atoms with van der Waals surface area (Å²) in [7, 11) is 0. The summed E-state index contributed by atoms with van der Waals surface area (Å²) in [5.74, 6) is -0.00925. The Bertz CT molecular complexity index is 636. The Hall–Kier alpha value is -2.37. The second-order valence-electron chi connectivity index (χ2n) is 6.67. The molecular weight excluding hydrogens is 306 g/mol. The predicted molar refractivity (Wildman–Crippen MR) is 90.3 cm³/mol. The molecule has 6 nitrogen and oxygen atoms in total. The molecule has 0 radical (unpaired) electrons. The fourth-order valence-electron chi connectivity index (χ4n) is 3.60. The average Bonchev–Trinajstić information content (AvgIpc) is 2.81. The van der Waals surface area contributed by atoms with Crippen LogP contribution in [0.15, 0.2) is 30.3 Å². The van der Waals surface area contributed by atoms with Crippen molar-refractivity contribution in [1.82, 2.24) is 10.2 Å². The van der Waals surface area contributed by atoms with Gasteiger partial charge in [0.2, 0.25) is 5.91 Å². The number of carbonyl (C=O) groups excluding carboxylic acids is 3. The number of nitrogens with one attached hydrogen (secondary N) is 2. The number of para-hydroxylation sites is 1.